The van der Waals surface area contributed by atoms with Crippen molar-refractivity contribution in [3.8, 4) is 0 Å². The van der Waals surface area contributed by atoms with E-state index >= 15 is 0 Å². The first-order valence-corrected chi connectivity index (χ1v) is 14.8. The van der Waals surface area contributed by atoms with Crippen LogP contribution in [0, 0.1) is 0 Å². The lowest BCUT2D eigenvalue weighted by Crippen LogP contribution is -2.42. The van der Waals surface area contributed by atoms with Gasteiger partial charge in [-0.25, -0.2) is 9.89 Å². The molecule has 0 saturated heterocycles. The van der Waals surface area contributed by atoms with E-state index in [0.717, 1.165) is 17.5 Å². The molecule has 0 saturated carbocycles. The van der Waals surface area contributed by atoms with Gasteiger partial charge < -0.3 is 10.6 Å². The predicted octanol–water partition coefficient (Wildman–Crippen LogP) is 5.59. The Labute approximate surface area is 248 Å². The zero-order valence-electron chi connectivity index (χ0n) is 22.5. The summed E-state index contributed by atoms with van der Waals surface area (Å²) in [7, 11) is 0. The van der Waals surface area contributed by atoms with Crippen LogP contribution in [0.2, 0.25) is 5.02 Å². The van der Waals surface area contributed by atoms with Gasteiger partial charge >= 0.3 is 0 Å². The summed E-state index contributed by atoms with van der Waals surface area (Å²) in [5, 5.41) is 6.33. The highest BCUT2D eigenvalue weighted by Crippen LogP contribution is 2.36. The molecule has 5 rings (SSSR count). The molecule has 0 bridgehead atoms. The van der Waals surface area contributed by atoms with Gasteiger partial charge in [0.1, 0.15) is 11.9 Å². The molecular weight excluding hydrogens is 558 g/mol. The van der Waals surface area contributed by atoms with Gasteiger partial charge in [-0.1, -0.05) is 72.8 Å². The molecule has 3 amide bonds. The van der Waals surface area contributed by atoms with Crippen LogP contribution in [0.5, 0.6) is 0 Å². The topological polar surface area (TPSA) is 103 Å². The van der Waals surface area contributed by atoms with Crippen molar-refractivity contribution in [2.45, 2.75) is 43.9 Å². The van der Waals surface area contributed by atoms with Gasteiger partial charge in [0.15, 0.2) is 5.17 Å². The number of aliphatic imine (C=N–C) groups is 2. The molecule has 2 aliphatic heterocycles. The molecule has 2 N–H and O–H groups in total. The van der Waals surface area contributed by atoms with Crippen LogP contribution in [0.25, 0.3) is 0 Å². The lowest BCUT2D eigenvalue weighted by Gasteiger charge is -2.27. The number of nitrogens with one attached hydrogen (secondary N) is 2. The number of rotatable bonds is 10. The number of carbonyl (C=O) groups is 3. The number of amidine groups is 2. The molecule has 0 fully saturated rings. The molecule has 0 aromatic heterocycles. The van der Waals surface area contributed by atoms with Gasteiger partial charge in [-0.2, -0.15) is 0 Å². The number of amides is 3. The van der Waals surface area contributed by atoms with Gasteiger partial charge in [0, 0.05) is 29.2 Å². The normalized spacial score (nSPS) is 16.3. The molecule has 2 heterocycles. The van der Waals surface area contributed by atoms with Gasteiger partial charge in [-0.3, -0.25) is 19.4 Å². The van der Waals surface area contributed by atoms with E-state index in [-0.39, 0.29) is 30.6 Å². The highest BCUT2D eigenvalue weighted by atomic mass is 35.5. The first kappa shape index (κ1) is 28.6. The molecule has 3 aromatic carbocycles. The molecule has 2 aliphatic rings. The van der Waals surface area contributed by atoms with Crippen LogP contribution in [0.15, 0.2) is 88.8 Å². The maximum Gasteiger partial charge on any atom is 0.259 e. The zero-order chi connectivity index (χ0) is 28.8. The van der Waals surface area contributed by atoms with E-state index < -0.39 is 11.3 Å². The van der Waals surface area contributed by atoms with E-state index in [4.69, 9.17) is 21.6 Å². The van der Waals surface area contributed by atoms with Crippen molar-refractivity contribution in [3.05, 3.63) is 95.0 Å². The molecule has 0 radical (unpaired) electrons. The Hall–Kier alpha value is -3.95. The summed E-state index contributed by atoms with van der Waals surface area (Å²) in [6, 6.07) is 23.6. The van der Waals surface area contributed by atoms with Crippen molar-refractivity contribution >= 4 is 63.5 Å². The Morgan fingerprint density at radius 2 is 1.76 bits per heavy atom. The highest BCUT2D eigenvalue weighted by molar-refractivity contribution is 8.15. The predicted molar refractivity (Wildman–Crippen MR) is 165 cm³/mol. The van der Waals surface area contributed by atoms with E-state index in [2.05, 4.69) is 10.6 Å². The molecular formula is C31H30ClN5O3S. The molecule has 41 heavy (non-hydrogen) atoms. The average molecular weight is 588 g/mol. The van der Waals surface area contributed by atoms with Crippen molar-refractivity contribution in [1.29, 1.82) is 0 Å². The van der Waals surface area contributed by atoms with Crippen LogP contribution in [0.3, 0.4) is 0 Å². The number of hydrogen-bond donors (Lipinski definition) is 2. The second kappa shape index (κ2) is 13.1. The standard InChI is InChI=1S/C31H30ClN5O3S/c1-2-26(29(39)34-22-14-12-21(32)13-15-22)41-31-36-24-11-7-6-10-23(24)28-35-25(30(40)37(28)31)16-17-27(38)33-19-18-20-8-4-3-5-9-20/h3-15,25-26H,2,16-19H2,1H3,(H,33,38)(H,34,39)/t25-,26+/m1/s1. The van der Waals surface area contributed by atoms with Gasteiger partial charge in [0.05, 0.1) is 10.9 Å². The SMILES string of the molecule is CC[C@H](SC1=Nc2ccccc2C2=N[C@H](CCC(=O)NCCc3ccccc3)C(=O)N12)C(=O)Nc1ccc(Cl)cc1. The Morgan fingerprint density at radius 1 is 1.02 bits per heavy atom. The number of hydrogen-bond acceptors (Lipinski definition) is 6. The summed E-state index contributed by atoms with van der Waals surface area (Å²) >= 11 is 7.20. The first-order valence-electron chi connectivity index (χ1n) is 13.6. The fourth-order valence-corrected chi connectivity index (χ4v) is 5.77. The molecule has 210 valence electrons. The van der Waals surface area contributed by atoms with Crippen LogP contribution < -0.4 is 10.6 Å². The van der Waals surface area contributed by atoms with Crippen molar-refractivity contribution in [2.75, 3.05) is 11.9 Å². The van der Waals surface area contributed by atoms with E-state index in [1.807, 2.05) is 61.5 Å². The Bertz CT molecular complexity index is 1490. The largest absolute Gasteiger partial charge is 0.356 e. The summed E-state index contributed by atoms with van der Waals surface area (Å²) < 4.78 is 0. The van der Waals surface area contributed by atoms with Gasteiger partial charge in [-0.15, -0.1) is 0 Å². The summed E-state index contributed by atoms with van der Waals surface area (Å²) in [4.78, 5) is 50.3. The lowest BCUT2D eigenvalue weighted by molar-refractivity contribution is -0.125. The molecule has 0 aliphatic carbocycles. The Kier molecular flexibility index (Phi) is 9.16. The number of thioether (sulfide) groups is 1. The quantitative estimate of drug-likeness (QED) is 0.323. The molecule has 8 nitrogen and oxygen atoms in total. The number of halogens is 1. The first-order chi connectivity index (χ1) is 19.9. The van der Waals surface area contributed by atoms with Crippen LogP contribution in [0.4, 0.5) is 11.4 Å². The minimum absolute atomic E-state index is 0.118. The van der Waals surface area contributed by atoms with Gasteiger partial charge in [0.2, 0.25) is 11.8 Å². The van der Waals surface area contributed by atoms with Crippen LogP contribution in [-0.2, 0) is 20.8 Å². The third-order valence-corrected chi connectivity index (χ3v) is 8.36. The summed E-state index contributed by atoms with van der Waals surface area (Å²) in [6.07, 6.45) is 1.72. The highest BCUT2D eigenvalue weighted by Gasteiger charge is 2.42. The van der Waals surface area contributed by atoms with E-state index in [0.29, 0.717) is 40.4 Å². The third-order valence-electron chi connectivity index (χ3n) is 6.79. The van der Waals surface area contributed by atoms with Crippen LogP contribution >= 0.6 is 23.4 Å². The maximum atomic E-state index is 13.6. The number of fused-ring (bicyclic) bond motifs is 3. The van der Waals surface area contributed by atoms with Crippen molar-refractivity contribution < 1.29 is 14.4 Å². The molecule has 2 atom stereocenters. The Morgan fingerprint density at radius 3 is 2.51 bits per heavy atom. The van der Waals surface area contributed by atoms with E-state index in [1.54, 1.807) is 24.3 Å². The van der Waals surface area contributed by atoms with Crippen LogP contribution in [0.1, 0.15) is 37.3 Å². The average Bonchev–Trinajstić information content (AvgIpc) is 3.32. The maximum absolute atomic E-state index is 13.6. The number of anilines is 1. The van der Waals surface area contributed by atoms with Crippen molar-refractivity contribution in [1.82, 2.24) is 10.2 Å². The number of benzene rings is 3. The smallest absolute Gasteiger partial charge is 0.259 e. The molecule has 10 heteroatoms. The van der Waals surface area contributed by atoms with Gasteiger partial charge in [-0.05, 0) is 61.2 Å². The van der Waals surface area contributed by atoms with Gasteiger partial charge in [0.25, 0.3) is 5.91 Å². The van der Waals surface area contributed by atoms with Crippen LogP contribution in [-0.4, -0.2) is 51.5 Å². The van der Waals surface area contributed by atoms with E-state index in [9.17, 15) is 14.4 Å². The lowest BCUT2D eigenvalue weighted by atomic mass is 10.1. The monoisotopic (exact) mass is 587 g/mol. The number of nitrogens with zero attached hydrogens (tertiary/aromatic N) is 3. The summed E-state index contributed by atoms with van der Waals surface area (Å²) in [5.74, 6) is -0.0565. The second-order valence-corrected chi connectivity index (χ2v) is 11.3. The van der Waals surface area contributed by atoms with Crippen molar-refractivity contribution in [2.24, 2.45) is 9.98 Å². The fourth-order valence-electron chi connectivity index (χ4n) is 4.62. The third kappa shape index (κ3) is 6.86. The minimum atomic E-state index is -0.704. The fraction of sp³-hybridized carbons (Fsp3) is 0.258. The summed E-state index contributed by atoms with van der Waals surface area (Å²) in [6.45, 7) is 2.44. The number of para-hydroxylation sites is 1. The second-order valence-electron chi connectivity index (χ2n) is 9.69. The summed E-state index contributed by atoms with van der Waals surface area (Å²) in [5.41, 5.74) is 3.22. The van der Waals surface area contributed by atoms with E-state index in [1.165, 1.54) is 16.7 Å². The molecule has 3 aromatic rings. The zero-order valence-corrected chi connectivity index (χ0v) is 24.1. The minimum Gasteiger partial charge on any atom is -0.356 e. The molecule has 0 spiro atoms. The Balaban J connectivity index is 1.26. The van der Waals surface area contributed by atoms with Crippen molar-refractivity contribution in [3.63, 3.8) is 0 Å². The number of carbonyl (C=O) groups excluding carboxylic acids is 3. The molecule has 0 unspecified atom stereocenters.